The fourth-order valence-corrected chi connectivity index (χ4v) is 3.12. The summed E-state index contributed by atoms with van der Waals surface area (Å²) in [5.74, 6) is -0.423. The molecule has 0 aromatic carbocycles. The van der Waals surface area contributed by atoms with Crippen molar-refractivity contribution < 1.29 is 23.1 Å². The molecule has 0 unspecified atom stereocenters. The quantitative estimate of drug-likeness (QED) is 0.294. The number of fused-ring (bicyclic) bond motifs is 1. The van der Waals surface area contributed by atoms with Crippen molar-refractivity contribution in [3.63, 3.8) is 0 Å². The van der Waals surface area contributed by atoms with E-state index >= 15 is 0 Å². The van der Waals surface area contributed by atoms with Gasteiger partial charge in [0.15, 0.2) is 10.8 Å². The third-order valence-electron chi connectivity index (χ3n) is 3.35. The summed E-state index contributed by atoms with van der Waals surface area (Å²) in [5.41, 5.74) is 1.68. The number of halogens is 1. The normalized spacial score (nSPS) is 12.6. The molecule has 0 saturated carbocycles. The summed E-state index contributed by atoms with van der Waals surface area (Å²) >= 11 is 5.99. The molecule has 0 spiro atoms. The minimum atomic E-state index is -3.22. The lowest BCUT2D eigenvalue weighted by molar-refractivity contribution is -0.140. The van der Waals surface area contributed by atoms with Gasteiger partial charge in [-0.3, -0.25) is 9.36 Å². The lowest BCUT2D eigenvalue weighted by Gasteiger charge is -2.13. The van der Waals surface area contributed by atoms with Crippen LogP contribution in [0.3, 0.4) is 0 Å². The number of ether oxygens (including phenoxy) is 1. The van der Waals surface area contributed by atoms with Gasteiger partial charge in [0.05, 0.1) is 12.5 Å². The molecular formula is C14H18ClN4O5P. The average molecular weight is 389 g/mol. The van der Waals surface area contributed by atoms with Crippen LogP contribution in [0.2, 0.25) is 5.15 Å². The fraction of sp³-hybridized carbons (Fsp3) is 0.429. The van der Waals surface area contributed by atoms with Crippen LogP contribution in [0.1, 0.15) is 6.92 Å². The molecule has 0 aliphatic heterocycles. The predicted octanol–water partition coefficient (Wildman–Crippen LogP) is 2.46. The van der Waals surface area contributed by atoms with Crippen molar-refractivity contribution in [1.82, 2.24) is 19.5 Å². The standard InChI is InChI=1S/C14H18ClN4O5P/c1-10(20)24-7-11(4-5-25(21,22-2)23-3)6-19-9-18-12-13(15)16-8-17-14(12)19/h4,8-9H,5-7H2,1-3H3/b11-4-. The number of carbonyl (C=O) groups excluding carboxylic acids is 1. The highest BCUT2D eigenvalue weighted by molar-refractivity contribution is 7.54. The zero-order chi connectivity index (χ0) is 18.4. The largest absolute Gasteiger partial charge is 0.461 e. The van der Waals surface area contributed by atoms with Gasteiger partial charge in [-0.25, -0.2) is 15.0 Å². The van der Waals surface area contributed by atoms with Crippen LogP contribution >= 0.6 is 19.2 Å². The Hall–Kier alpha value is -1.80. The molecule has 0 N–H and O–H groups in total. The number of aromatic nitrogens is 4. The smallest absolute Gasteiger partial charge is 0.333 e. The molecule has 0 radical (unpaired) electrons. The number of esters is 1. The van der Waals surface area contributed by atoms with E-state index in [1.807, 2.05) is 0 Å². The Morgan fingerprint density at radius 3 is 2.68 bits per heavy atom. The van der Waals surface area contributed by atoms with Crippen LogP contribution < -0.4 is 0 Å². The lowest BCUT2D eigenvalue weighted by Crippen LogP contribution is -2.10. The number of allylic oxidation sites excluding steroid dienone is 1. The molecule has 25 heavy (non-hydrogen) atoms. The van der Waals surface area contributed by atoms with Crippen LogP contribution in [0, 0.1) is 0 Å². The van der Waals surface area contributed by atoms with Gasteiger partial charge < -0.3 is 18.4 Å². The van der Waals surface area contributed by atoms with Gasteiger partial charge in [0.25, 0.3) is 0 Å². The minimum Gasteiger partial charge on any atom is -0.461 e. The molecule has 0 amide bonds. The van der Waals surface area contributed by atoms with Crippen molar-refractivity contribution in [2.75, 3.05) is 27.0 Å². The molecule has 0 bridgehead atoms. The number of imidazole rings is 1. The lowest BCUT2D eigenvalue weighted by atomic mass is 10.2. The molecule has 0 aliphatic rings. The molecular weight excluding hydrogens is 371 g/mol. The van der Waals surface area contributed by atoms with E-state index in [2.05, 4.69) is 15.0 Å². The van der Waals surface area contributed by atoms with Gasteiger partial charge in [-0.1, -0.05) is 17.7 Å². The molecule has 2 aromatic heterocycles. The van der Waals surface area contributed by atoms with E-state index in [0.717, 1.165) is 0 Å². The van der Waals surface area contributed by atoms with E-state index in [0.29, 0.717) is 23.3 Å². The summed E-state index contributed by atoms with van der Waals surface area (Å²) in [6, 6.07) is 0. The van der Waals surface area contributed by atoms with Crippen LogP contribution in [-0.4, -0.2) is 52.5 Å². The van der Waals surface area contributed by atoms with Gasteiger partial charge in [0, 0.05) is 27.7 Å². The van der Waals surface area contributed by atoms with Gasteiger partial charge in [0.2, 0.25) is 0 Å². The van der Waals surface area contributed by atoms with Crippen LogP contribution in [0.4, 0.5) is 0 Å². The Labute approximate surface area is 149 Å². The molecule has 0 atom stereocenters. The van der Waals surface area contributed by atoms with Crippen LogP contribution in [0.25, 0.3) is 11.2 Å². The molecule has 2 heterocycles. The Bertz CT molecular complexity index is 830. The number of hydrogen-bond acceptors (Lipinski definition) is 8. The summed E-state index contributed by atoms with van der Waals surface area (Å²) in [4.78, 5) is 23.3. The topological polar surface area (TPSA) is 105 Å². The van der Waals surface area contributed by atoms with Crippen molar-refractivity contribution in [3.05, 3.63) is 29.5 Å². The predicted molar refractivity (Wildman–Crippen MR) is 91.5 cm³/mol. The summed E-state index contributed by atoms with van der Waals surface area (Å²) in [6.07, 6.45) is 4.59. The van der Waals surface area contributed by atoms with E-state index in [1.54, 1.807) is 17.0 Å². The van der Waals surface area contributed by atoms with Crippen LogP contribution in [-0.2, 0) is 29.7 Å². The first-order valence-corrected chi connectivity index (χ1v) is 9.32. The summed E-state index contributed by atoms with van der Waals surface area (Å²) in [6.45, 7) is 1.65. The first-order chi connectivity index (χ1) is 11.9. The minimum absolute atomic E-state index is 0.0290. The maximum absolute atomic E-state index is 12.2. The number of hydrogen-bond donors (Lipinski definition) is 0. The van der Waals surface area contributed by atoms with Gasteiger partial charge in [-0.15, -0.1) is 0 Å². The van der Waals surface area contributed by atoms with Crippen molar-refractivity contribution in [2.24, 2.45) is 0 Å². The van der Waals surface area contributed by atoms with E-state index < -0.39 is 13.6 Å². The SMILES string of the molecule is COP(=O)(C/C=C(\COC(C)=O)Cn1cnc2c(Cl)ncnc21)OC. The average Bonchev–Trinajstić information content (AvgIpc) is 3.01. The van der Waals surface area contributed by atoms with E-state index in [4.69, 9.17) is 25.4 Å². The highest BCUT2D eigenvalue weighted by Gasteiger charge is 2.20. The van der Waals surface area contributed by atoms with Gasteiger partial charge in [0.1, 0.15) is 18.5 Å². The molecule has 2 aromatic rings. The number of rotatable bonds is 8. The Morgan fingerprint density at radius 2 is 2.04 bits per heavy atom. The van der Waals surface area contributed by atoms with Crippen molar-refractivity contribution in [2.45, 2.75) is 13.5 Å². The second-order valence-corrected chi connectivity index (χ2v) is 7.69. The molecule has 11 heteroatoms. The highest BCUT2D eigenvalue weighted by Crippen LogP contribution is 2.46. The van der Waals surface area contributed by atoms with Crippen molar-refractivity contribution in [3.8, 4) is 0 Å². The summed E-state index contributed by atoms with van der Waals surface area (Å²) in [5, 5.41) is 0.248. The maximum atomic E-state index is 12.2. The third-order valence-corrected chi connectivity index (χ3v) is 5.37. The van der Waals surface area contributed by atoms with E-state index in [9.17, 15) is 9.36 Å². The zero-order valence-electron chi connectivity index (χ0n) is 14.0. The van der Waals surface area contributed by atoms with Gasteiger partial charge in [-0.05, 0) is 5.57 Å². The van der Waals surface area contributed by atoms with Crippen LogP contribution in [0.5, 0.6) is 0 Å². The van der Waals surface area contributed by atoms with Gasteiger partial charge in [-0.2, -0.15) is 0 Å². The molecule has 9 nitrogen and oxygen atoms in total. The maximum Gasteiger partial charge on any atom is 0.333 e. The Morgan fingerprint density at radius 1 is 1.32 bits per heavy atom. The van der Waals surface area contributed by atoms with Gasteiger partial charge >= 0.3 is 13.6 Å². The van der Waals surface area contributed by atoms with Crippen molar-refractivity contribution in [1.29, 1.82) is 0 Å². The number of nitrogens with zero attached hydrogens (tertiary/aromatic N) is 4. The number of carbonyl (C=O) groups is 1. The monoisotopic (exact) mass is 388 g/mol. The summed E-state index contributed by atoms with van der Waals surface area (Å²) < 4.78 is 28.8. The molecule has 136 valence electrons. The Balaban J connectivity index is 2.27. The third kappa shape index (κ3) is 5.09. The zero-order valence-corrected chi connectivity index (χ0v) is 15.7. The molecule has 0 saturated heterocycles. The van der Waals surface area contributed by atoms with Crippen molar-refractivity contribution >= 4 is 36.3 Å². The van der Waals surface area contributed by atoms with E-state index in [1.165, 1.54) is 27.5 Å². The molecule has 0 aliphatic carbocycles. The molecule has 2 rings (SSSR count). The summed E-state index contributed by atoms with van der Waals surface area (Å²) in [7, 11) is -0.594. The first kappa shape index (κ1) is 19.5. The fourth-order valence-electron chi connectivity index (χ4n) is 2.01. The van der Waals surface area contributed by atoms with E-state index in [-0.39, 0.29) is 17.9 Å². The van der Waals surface area contributed by atoms with Crippen LogP contribution in [0.15, 0.2) is 24.3 Å². The molecule has 0 fully saturated rings. The second kappa shape index (κ2) is 8.53. The highest BCUT2D eigenvalue weighted by atomic mass is 35.5. The Kier molecular flexibility index (Phi) is 6.66. The first-order valence-electron chi connectivity index (χ1n) is 7.21. The second-order valence-electron chi connectivity index (χ2n) is 5.01.